The molecule has 114 valence electrons. The van der Waals surface area contributed by atoms with Gasteiger partial charge in [-0.2, -0.15) is 0 Å². The molecule has 2 aromatic rings. The van der Waals surface area contributed by atoms with Crippen LogP contribution in [0.15, 0.2) is 41.4 Å². The number of aromatic nitrogens is 2. The monoisotopic (exact) mass is 353 g/mol. The highest BCUT2D eigenvalue weighted by Crippen LogP contribution is 2.25. The van der Waals surface area contributed by atoms with E-state index in [0.29, 0.717) is 6.54 Å². The number of rotatable bonds is 8. The highest BCUT2D eigenvalue weighted by molar-refractivity contribution is 9.10. The lowest BCUT2D eigenvalue weighted by atomic mass is 10.2. The molecular formula is C15H20BrN3O2. The maximum absolute atomic E-state index is 9.89. The van der Waals surface area contributed by atoms with E-state index in [9.17, 15) is 5.11 Å². The van der Waals surface area contributed by atoms with Crippen LogP contribution in [-0.2, 0) is 6.54 Å². The van der Waals surface area contributed by atoms with Gasteiger partial charge in [-0.1, -0.05) is 6.07 Å². The summed E-state index contributed by atoms with van der Waals surface area (Å²) >= 11 is 3.45. The van der Waals surface area contributed by atoms with Gasteiger partial charge in [-0.3, -0.25) is 0 Å². The molecule has 1 unspecified atom stereocenters. The SMILES string of the molecule is Cc1ccc(OCC(O)CNCCn2ccnc2)c(Br)c1. The molecular weight excluding hydrogens is 334 g/mol. The molecule has 21 heavy (non-hydrogen) atoms. The molecule has 6 heteroatoms. The lowest BCUT2D eigenvalue weighted by molar-refractivity contribution is 0.106. The Bertz CT molecular complexity index is 546. The van der Waals surface area contributed by atoms with Gasteiger partial charge in [-0.25, -0.2) is 4.98 Å². The Labute approximate surface area is 133 Å². The Hall–Kier alpha value is -1.37. The van der Waals surface area contributed by atoms with Gasteiger partial charge < -0.3 is 19.7 Å². The summed E-state index contributed by atoms with van der Waals surface area (Å²) < 4.78 is 8.50. The number of benzene rings is 1. The van der Waals surface area contributed by atoms with Gasteiger partial charge >= 0.3 is 0 Å². The van der Waals surface area contributed by atoms with E-state index in [0.717, 1.165) is 28.9 Å². The van der Waals surface area contributed by atoms with Crippen LogP contribution in [0.2, 0.25) is 0 Å². The molecule has 1 aromatic carbocycles. The van der Waals surface area contributed by atoms with Gasteiger partial charge in [-0.15, -0.1) is 0 Å². The molecule has 0 saturated heterocycles. The van der Waals surface area contributed by atoms with Crippen molar-refractivity contribution < 1.29 is 9.84 Å². The summed E-state index contributed by atoms with van der Waals surface area (Å²) in [4.78, 5) is 3.97. The molecule has 0 aliphatic rings. The van der Waals surface area contributed by atoms with E-state index in [1.54, 1.807) is 12.5 Å². The molecule has 0 spiro atoms. The maximum atomic E-state index is 9.89. The second kappa shape index (κ2) is 8.17. The van der Waals surface area contributed by atoms with Gasteiger partial charge in [-0.05, 0) is 40.5 Å². The van der Waals surface area contributed by atoms with Crippen molar-refractivity contribution in [1.82, 2.24) is 14.9 Å². The van der Waals surface area contributed by atoms with E-state index in [4.69, 9.17) is 4.74 Å². The first-order valence-electron chi connectivity index (χ1n) is 6.88. The minimum atomic E-state index is -0.541. The second-order valence-electron chi connectivity index (χ2n) is 4.90. The average Bonchev–Trinajstić information content (AvgIpc) is 2.96. The Balaban J connectivity index is 1.64. The fraction of sp³-hybridized carbons (Fsp3) is 0.400. The summed E-state index contributed by atoms with van der Waals surface area (Å²) in [6.07, 6.45) is 4.90. The van der Waals surface area contributed by atoms with E-state index in [2.05, 4.69) is 26.2 Å². The van der Waals surface area contributed by atoms with Crippen LogP contribution in [0, 0.1) is 6.92 Å². The molecule has 1 aromatic heterocycles. The molecule has 5 nitrogen and oxygen atoms in total. The Kier molecular flexibility index (Phi) is 6.22. The Morgan fingerprint density at radius 3 is 3.05 bits per heavy atom. The topological polar surface area (TPSA) is 59.3 Å². The molecule has 1 heterocycles. The molecule has 0 aliphatic carbocycles. The fourth-order valence-corrected chi connectivity index (χ4v) is 2.47. The zero-order valence-corrected chi connectivity index (χ0v) is 13.6. The number of aryl methyl sites for hydroxylation is 1. The third-order valence-corrected chi connectivity index (χ3v) is 3.62. The quantitative estimate of drug-likeness (QED) is 0.712. The first kappa shape index (κ1) is 16.0. The second-order valence-corrected chi connectivity index (χ2v) is 5.76. The van der Waals surface area contributed by atoms with Crippen LogP contribution >= 0.6 is 15.9 Å². The summed E-state index contributed by atoms with van der Waals surface area (Å²) in [7, 11) is 0. The first-order chi connectivity index (χ1) is 10.1. The minimum absolute atomic E-state index is 0.264. The molecule has 0 radical (unpaired) electrons. The van der Waals surface area contributed by atoms with Crippen LogP contribution in [-0.4, -0.2) is 40.5 Å². The number of hydrogen-bond acceptors (Lipinski definition) is 4. The van der Waals surface area contributed by atoms with Crippen molar-refractivity contribution in [3.05, 3.63) is 47.0 Å². The molecule has 0 aliphatic heterocycles. The third-order valence-electron chi connectivity index (χ3n) is 3.00. The van der Waals surface area contributed by atoms with Crippen LogP contribution in [0.5, 0.6) is 5.75 Å². The van der Waals surface area contributed by atoms with Crippen molar-refractivity contribution in [3.63, 3.8) is 0 Å². The highest BCUT2D eigenvalue weighted by atomic mass is 79.9. The summed E-state index contributed by atoms with van der Waals surface area (Å²) in [5.74, 6) is 0.748. The molecule has 2 N–H and O–H groups in total. The van der Waals surface area contributed by atoms with Gasteiger partial charge in [0.1, 0.15) is 18.5 Å². The lowest BCUT2D eigenvalue weighted by Gasteiger charge is -2.14. The van der Waals surface area contributed by atoms with E-state index in [-0.39, 0.29) is 6.61 Å². The van der Waals surface area contributed by atoms with Crippen molar-refractivity contribution in [2.24, 2.45) is 0 Å². The fourth-order valence-electron chi connectivity index (χ4n) is 1.86. The molecule has 0 amide bonds. The van der Waals surface area contributed by atoms with E-state index >= 15 is 0 Å². The number of hydrogen-bond donors (Lipinski definition) is 2. The minimum Gasteiger partial charge on any atom is -0.490 e. The first-order valence-corrected chi connectivity index (χ1v) is 7.68. The number of aliphatic hydroxyl groups is 1. The zero-order valence-electron chi connectivity index (χ0n) is 12.0. The molecule has 0 saturated carbocycles. The number of imidazole rings is 1. The Morgan fingerprint density at radius 2 is 2.33 bits per heavy atom. The Morgan fingerprint density at radius 1 is 1.48 bits per heavy atom. The highest BCUT2D eigenvalue weighted by Gasteiger charge is 2.07. The maximum Gasteiger partial charge on any atom is 0.133 e. The molecule has 1 atom stereocenters. The predicted octanol–water partition coefficient (Wildman–Crippen LogP) is 1.98. The van der Waals surface area contributed by atoms with Crippen molar-refractivity contribution in [2.45, 2.75) is 19.6 Å². The lowest BCUT2D eigenvalue weighted by Crippen LogP contribution is -2.33. The number of nitrogens with zero attached hydrogens (tertiary/aromatic N) is 2. The number of ether oxygens (including phenoxy) is 1. The summed E-state index contributed by atoms with van der Waals surface area (Å²) in [5, 5.41) is 13.1. The third kappa shape index (κ3) is 5.49. The van der Waals surface area contributed by atoms with Crippen LogP contribution in [0.1, 0.15) is 5.56 Å². The van der Waals surface area contributed by atoms with Crippen LogP contribution in [0.4, 0.5) is 0 Å². The predicted molar refractivity (Wildman–Crippen MR) is 85.5 cm³/mol. The van der Waals surface area contributed by atoms with Gasteiger partial charge in [0.05, 0.1) is 10.8 Å². The number of nitrogens with one attached hydrogen (secondary N) is 1. The largest absolute Gasteiger partial charge is 0.490 e. The zero-order chi connectivity index (χ0) is 15.1. The normalized spacial score (nSPS) is 12.3. The van der Waals surface area contributed by atoms with Crippen molar-refractivity contribution >= 4 is 15.9 Å². The number of halogens is 1. The summed E-state index contributed by atoms with van der Waals surface area (Å²) in [5.41, 5.74) is 1.16. The molecule has 0 fully saturated rings. The standard InChI is InChI=1S/C15H20BrN3O2/c1-12-2-3-15(14(16)8-12)21-10-13(20)9-17-4-6-19-7-5-18-11-19/h2-3,5,7-8,11,13,17,20H,4,6,9-10H2,1H3. The van der Waals surface area contributed by atoms with Gasteiger partial charge in [0.2, 0.25) is 0 Å². The summed E-state index contributed by atoms with van der Waals surface area (Å²) in [6.45, 7) is 4.39. The van der Waals surface area contributed by atoms with Crippen LogP contribution < -0.4 is 10.1 Å². The van der Waals surface area contributed by atoms with E-state index in [1.807, 2.05) is 35.9 Å². The van der Waals surface area contributed by atoms with E-state index < -0.39 is 6.10 Å². The number of aliphatic hydroxyl groups excluding tert-OH is 1. The van der Waals surface area contributed by atoms with Gasteiger partial charge in [0.15, 0.2) is 0 Å². The van der Waals surface area contributed by atoms with Crippen molar-refractivity contribution in [1.29, 1.82) is 0 Å². The van der Waals surface area contributed by atoms with Crippen molar-refractivity contribution in [2.75, 3.05) is 19.7 Å². The average molecular weight is 354 g/mol. The van der Waals surface area contributed by atoms with Crippen molar-refractivity contribution in [3.8, 4) is 5.75 Å². The van der Waals surface area contributed by atoms with E-state index in [1.165, 1.54) is 0 Å². The van der Waals surface area contributed by atoms with Crippen LogP contribution in [0.3, 0.4) is 0 Å². The molecule has 2 rings (SSSR count). The molecule has 0 bridgehead atoms. The van der Waals surface area contributed by atoms with Gasteiger partial charge in [0.25, 0.3) is 0 Å². The van der Waals surface area contributed by atoms with Crippen LogP contribution in [0.25, 0.3) is 0 Å². The van der Waals surface area contributed by atoms with Gasteiger partial charge in [0, 0.05) is 32.0 Å². The summed E-state index contributed by atoms with van der Waals surface area (Å²) in [6, 6.07) is 5.87. The smallest absolute Gasteiger partial charge is 0.133 e.